The number of hydrogen-bond acceptors (Lipinski definition) is 4. The molecule has 0 aromatic carbocycles. The van der Waals surface area contributed by atoms with E-state index >= 15 is 0 Å². The van der Waals surface area contributed by atoms with E-state index in [0.29, 0.717) is 0 Å². The number of aromatic nitrogens is 3. The van der Waals surface area contributed by atoms with Crippen LogP contribution in [0.3, 0.4) is 0 Å². The lowest BCUT2D eigenvalue weighted by molar-refractivity contribution is 0.819. The van der Waals surface area contributed by atoms with Gasteiger partial charge in [-0.1, -0.05) is 13.0 Å². The topological polar surface area (TPSA) is 41.9 Å². The summed E-state index contributed by atoms with van der Waals surface area (Å²) in [6, 6.07) is 7.93. The molecule has 0 amide bonds. The van der Waals surface area contributed by atoms with Gasteiger partial charge in [0.25, 0.3) is 0 Å². The second kappa shape index (κ2) is 6.61. The minimum Gasteiger partial charge on any atom is -0.359 e. The summed E-state index contributed by atoms with van der Waals surface area (Å²) in [5.41, 5.74) is 1.10. The third-order valence-corrected chi connectivity index (χ3v) is 3.27. The Balaban J connectivity index is 2.03. The molecule has 0 spiro atoms. The highest BCUT2D eigenvalue weighted by Crippen LogP contribution is 2.16. The molecule has 0 saturated carbocycles. The van der Waals surface area contributed by atoms with Crippen LogP contribution >= 0.6 is 15.9 Å². The van der Waals surface area contributed by atoms with Crippen LogP contribution in [0.25, 0.3) is 0 Å². The van der Waals surface area contributed by atoms with E-state index < -0.39 is 0 Å². The Morgan fingerprint density at radius 1 is 1.26 bits per heavy atom. The number of halogens is 1. The van der Waals surface area contributed by atoms with Crippen molar-refractivity contribution in [1.29, 1.82) is 0 Å². The minimum absolute atomic E-state index is 0.832. The van der Waals surface area contributed by atoms with E-state index in [2.05, 4.69) is 42.7 Å². The first-order valence-corrected chi connectivity index (χ1v) is 7.13. The van der Waals surface area contributed by atoms with Crippen LogP contribution < -0.4 is 4.90 Å². The van der Waals surface area contributed by atoms with Crippen LogP contribution in [0.2, 0.25) is 0 Å². The molecule has 0 atom stereocenters. The second-order valence-corrected chi connectivity index (χ2v) is 5.12. The lowest BCUT2D eigenvalue weighted by atomic mass is 10.2. The summed E-state index contributed by atoms with van der Waals surface area (Å²) >= 11 is 3.43. The summed E-state index contributed by atoms with van der Waals surface area (Å²) in [5.74, 6) is 1.80. The highest BCUT2D eigenvalue weighted by molar-refractivity contribution is 9.10. The molecule has 0 aliphatic carbocycles. The van der Waals surface area contributed by atoms with Crippen molar-refractivity contribution in [2.75, 3.05) is 18.5 Å². The standard InChI is InChI=1S/C14H17BrN4/c1-3-13-17-12(15)10-14(18-13)19(2)9-7-11-6-4-5-8-16-11/h4-6,8,10H,3,7,9H2,1-2H3. The molecular formula is C14H17BrN4. The molecule has 2 rings (SSSR count). The summed E-state index contributed by atoms with van der Waals surface area (Å²) in [4.78, 5) is 15.3. The first kappa shape index (κ1) is 13.9. The highest BCUT2D eigenvalue weighted by Gasteiger charge is 2.07. The molecule has 0 N–H and O–H groups in total. The molecule has 19 heavy (non-hydrogen) atoms. The predicted octanol–water partition coefficient (Wildman–Crippen LogP) is 2.88. The predicted molar refractivity (Wildman–Crippen MR) is 80.3 cm³/mol. The Bertz CT molecular complexity index is 530. The number of anilines is 1. The Kier molecular flexibility index (Phi) is 4.85. The van der Waals surface area contributed by atoms with Crippen molar-refractivity contribution in [3.8, 4) is 0 Å². The number of pyridine rings is 1. The fourth-order valence-corrected chi connectivity index (χ4v) is 2.16. The van der Waals surface area contributed by atoms with Crippen LogP contribution in [0, 0.1) is 0 Å². The van der Waals surface area contributed by atoms with Crippen molar-refractivity contribution in [2.24, 2.45) is 0 Å². The van der Waals surface area contributed by atoms with Gasteiger partial charge in [-0.25, -0.2) is 9.97 Å². The van der Waals surface area contributed by atoms with Crippen LogP contribution in [0.1, 0.15) is 18.4 Å². The van der Waals surface area contributed by atoms with Gasteiger partial charge < -0.3 is 4.90 Å². The van der Waals surface area contributed by atoms with Crippen molar-refractivity contribution in [1.82, 2.24) is 15.0 Å². The molecule has 0 fully saturated rings. The normalized spacial score (nSPS) is 10.5. The Labute approximate surface area is 122 Å². The Morgan fingerprint density at radius 3 is 2.79 bits per heavy atom. The van der Waals surface area contributed by atoms with Gasteiger partial charge in [-0.2, -0.15) is 0 Å². The largest absolute Gasteiger partial charge is 0.359 e. The first-order valence-electron chi connectivity index (χ1n) is 6.33. The van der Waals surface area contributed by atoms with E-state index in [1.807, 2.05) is 37.5 Å². The van der Waals surface area contributed by atoms with E-state index in [0.717, 1.165) is 41.3 Å². The van der Waals surface area contributed by atoms with Gasteiger partial charge in [0.2, 0.25) is 0 Å². The smallest absolute Gasteiger partial charge is 0.133 e. The molecule has 5 heteroatoms. The van der Waals surface area contributed by atoms with Gasteiger partial charge in [-0.15, -0.1) is 0 Å². The number of aryl methyl sites for hydroxylation is 1. The second-order valence-electron chi connectivity index (χ2n) is 4.31. The Morgan fingerprint density at radius 2 is 2.11 bits per heavy atom. The maximum atomic E-state index is 4.53. The molecule has 0 unspecified atom stereocenters. The van der Waals surface area contributed by atoms with Crippen molar-refractivity contribution in [3.63, 3.8) is 0 Å². The molecule has 2 aromatic heterocycles. The molecule has 100 valence electrons. The third kappa shape index (κ3) is 3.99. The molecule has 0 aliphatic rings. The monoisotopic (exact) mass is 320 g/mol. The van der Waals surface area contributed by atoms with Crippen LogP contribution in [0.4, 0.5) is 5.82 Å². The number of hydrogen-bond donors (Lipinski definition) is 0. The van der Waals surface area contributed by atoms with Crippen molar-refractivity contribution in [3.05, 3.63) is 46.6 Å². The quantitative estimate of drug-likeness (QED) is 0.794. The molecule has 0 bridgehead atoms. The van der Waals surface area contributed by atoms with E-state index in [1.54, 1.807) is 0 Å². The van der Waals surface area contributed by atoms with Crippen LogP contribution in [-0.2, 0) is 12.8 Å². The van der Waals surface area contributed by atoms with Crippen molar-refractivity contribution in [2.45, 2.75) is 19.8 Å². The third-order valence-electron chi connectivity index (χ3n) is 2.86. The fraction of sp³-hybridized carbons (Fsp3) is 0.357. The minimum atomic E-state index is 0.832. The molecule has 2 aromatic rings. The van der Waals surface area contributed by atoms with Gasteiger partial charge in [-0.3, -0.25) is 4.98 Å². The van der Waals surface area contributed by atoms with Crippen LogP contribution in [0.15, 0.2) is 35.1 Å². The van der Waals surface area contributed by atoms with E-state index in [-0.39, 0.29) is 0 Å². The molecule has 4 nitrogen and oxygen atoms in total. The number of rotatable bonds is 5. The summed E-state index contributed by atoms with van der Waals surface area (Å²) < 4.78 is 0.832. The van der Waals surface area contributed by atoms with E-state index in [1.165, 1.54) is 0 Å². The number of likely N-dealkylation sites (N-methyl/N-ethyl adjacent to an activating group) is 1. The molecular weight excluding hydrogens is 304 g/mol. The maximum absolute atomic E-state index is 4.53. The Hall–Kier alpha value is -1.49. The zero-order valence-corrected chi connectivity index (χ0v) is 12.8. The average molecular weight is 321 g/mol. The summed E-state index contributed by atoms with van der Waals surface area (Å²) in [6.45, 7) is 2.93. The average Bonchev–Trinajstić information content (AvgIpc) is 2.45. The fourth-order valence-electron chi connectivity index (χ4n) is 1.75. The number of nitrogens with zero attached hydrogens (tertiary/aromatic N) is 4. The van der Waals surface area contributed by atoms with Gasteiger partial charge in [0, 0.05) is 44.4 Å². The zero-order chi connectivity index (χ0) is 13.7. The van der Waals surface area contributed by atoms with Gasteiger partial charge in [-0.05, 0) is 28.1 Å². The van der Waals surface area contributed by atoms with Gasteiger partial charge >= 0.3 is 0 Å². The summed E-state index contributed by atoms with van der Waals surface area (Å²) in [6.07, 6.45) is 3.56. The first-order chi connectivity index (χ1) is 9.19. The van der Waals surface area contributed by atoms with Crippen LogP contribution in [-0.4, -0.2) is 28.5 Å². The SMILES string of the molecule is CCc1nc(Br)cc(N(C)CCc2ccccn2)n1. The van der Waals surface area contributed by atoms with Gasteiger partial charge in [0.15, 0.2) is 0 Å². The summed E-state index contributed by atoms with van der Waals surface area (Å²) in [7, 11) is 2.04. The molecule has 0 radical (unpaired) electrons. The highest BCUT2D eigenvalue weighted by atomic mass is 79.9. The lowest BCUT2D eigenvalue weighted by Crippen LogP contribution is -2.22. The van der Waals surface area contributed by atoms with E-state index in [9.17, 15) is 0 Å². The summed E-state index contributed by atoms with van der Waals surface area (Å²) in [5, 5.41) is 0. The van der Waals surface area contributed by atoms with E-state index in [4.69, 9.17) is 0 Å². The van der Waals surface area contributed by atoms with Crippen molar-refractivity contribution < 1.29 is 0 Å². The van der Waals surface area contributed by atoms with Crippen LogP contribution in [0.5, 0.6) is 0 Å². The van der Waals surface area contributed by atoms with Gasteiger partial charge in [0.1, 0.15) is 16.2 Å². The maximum Gasteiger partial charge on any atom is 0.133 e. The van der Waals surface area contributed by atoms with Crippen molar-refractivity contribution >= 4 is 21.7 Å². The van der Waals surface area contributed by atoms with Gasteiger partial charge in [0.05, 0.1) is 0 Å². The molecule has 0 aliphatic heterocycles. The molecule has 0 saturated heterocycles. The lowest BCUT2D eigenvalue weighted by Gasteiger charge is -2.18. The molecule has 2 heterocycles. The zero-order valence-electron chi connectivity index (χ0n) is 11.2.